The van der Waals surface area contributed by atoms with Gasteiger partial charge in [-0.3, -0.25) is 0 Å². The second kappa shape index (κ2) is 7.96. The molecule has 0 radical (unpaired) electrons. The molecule has 1 spiro atoms. The standard InChI is InChI=1S/C24H30N4O2S/c1-28-8-4-17(5-9-28)23-27-21(15-31-23)20-14-26-22-19(20)12-18(13-25-22)16-2-6-24(7-3-16)29-10-11-30-24/h12-17H,2-11H2,1H3,(H,25,26). The van der Waals surface area contributed by atoms with Crippen LogP contribution in [0.4, 0.5) is 0 Å². The molecular formula is C24H30N4O2S. The van der Waals surface area contributed by atoms with E-state index in [0.717, 1.165) is 50.2 Å². The van der Waals surface area contributed by atoms with E-state index in [1.807, 2.05) is 17.5 Å². The fraction of sp³-hybridized carbons (Fsp3) is 0.583. The predicted molar refractivity (Wildman–Crippen MR) is 123 cm³/mol. The first-order chi connectivity index (χ1) is 15.2. The van der Waals surface area contributed by atoms with E-state index in [4.69, 9.17) is 19.4 Å². The molecule has 3 aliphatic rings. The van der Waals surface area contributed by atoms with E-state index in [2.05, 4.69) is 34.6 Å². The molecule has 2 saturated heterocycles. The molecule has 5 heterocycles. The number of pyridine rings is 1. The summed E-state index contributed by atoms with van der Waals surface area (Å²) in [7, 11) is 2.21. The predicted octanol–water partition coefficient (Wildman–Crippen LogP) is 4.90. The molecule has 1 aliphatic carbocycles. The summed E-state index contributed by atoms with van der Waals surface area (Å²) in [5.41, 5.74) is 4.53. The van der Waals surface area contributed by atoms with Crippen LogP contribution in [0.3, 0.4) is 0 Å². The number of rotatable bonds is 3. The summed E-state index contributed by atoms with van der Waals surface area (Å²) < 4.78 is 11.8. The molecule has 0 atom stereocenters. The minimum absolute atomic E-state index is 0.307. The van der Waals surface area contributed by atoms with Crippen molar-refractivity contribution in [2.24, 2.45) is 0 Å². The highest BCUT2D eigenvalue weighted by atomic mass is 32.1. The summed E-state index contributed by atoms with van der Waals surface area (Å²) in [6.45, 7) is 3.80. The van der Waals surface area contributed by atoms with Gasteiger partial charge in [-0.25, -0.2) is 9.97 Å². The van der Waals surface area contributed by atoms with Crippen molar-refractivity contribution in [3.63, 3.8) is 0 Å². The lowest BCUT2D eigenvalue weighted by Crippen LogP contribution is -2.34. The van der Waals surface area contributed by atoms with Crippen LogP contribution in [0, 0.1) is 0 Å². The fourth-order valence-corrected chi connectivity index (χ4v) is 6.48. The van der Waals surface area contributed by atoms with Gasteiger partial charge in [0.05, 0.1) is 23.9 Å². The van der Waals surface area contributed by atoms with Crippen molar-refractivity contribution in [3.05, 3.63) is 34.4 Å². The Bertz CT molecular complexity index is 1050. The van der Waals surface area contributed by atoms with Crippen molar-refractivity contribution in [1.82, 2.24) is 19.9 Å². The Morgan fingerprint density at radius 3 is 2.65 bits per heavy atom. The third-order valence-corrected chi connectivity index (χ3v) is 8.46. The number of hydrogen-bond donors (Lipinski definition) is 1. The topological polar surface area (TPSA) is 63.3 Å². The molecule has 0 amide bonds. The van der Waals surface area contributed by atoms with E-state index in [0.29, 0.717) is 11.8 Å². The number of H-pyrrole nitrogens is 1. The Morgan fingerprint density at radius 2 is 1.87 bits per heavy atom. The van der Waals surface area contributed by atoms with Crippen molar-refractivity contribution < 1.29 is 9.47 Å². The van der Waals surface area contributed by atoms with Crippen LogP contribution >= 0.6 is 11.3 Å². The van der Waals surface area contributed by atoms with Gasteiger partial charge in [0.2, 0.25) is 0 Å². The van der Waals surface area contributed by atoms with E-state index < -0.39 is 0 Å². The van der Waals surface area contributed by atoms with Crippen molar-refractivity contribution in [2.75, 3.05) is 33.4 Å². The minimum atomic E-state index is -0.307. The van der Waals surface area contributed by atoms with Crippen LogP contribution in [0.5, 0.6) is 0 Å². The molecule has 7 heteroatoms. The van der Waals surface area contributed by atoms with E-state index in [1.165, 1.54) is 47.5 Å². The third-order valence-electron chi connectivity index (χ3n) is 7.45. The first-order valence-corrected chi connectivity index (χ1v) is 12.5. The molecule has 6 nitrogen and oxygen atoms in total. The SMILES string of the molecule is CN1CCC(c2nc(-c3c[nH]c4ncc(C5CCC6(CC5)OCCO6)cc34)cs2)CC1. The Kier molecular flexibility index (Phi) is 5.10. The highest BCUT2D eigenvalue weighted by Gasteiger charge is 2.40. The highest BCUT2D eigenvalue weighted by Crippen LogP contribution is 2.43. The van der Waals surface area contributed by atoms with Gasteiger partial charge in [-0.2, -0.15) is 0 Å². The zero-order valence-electron chi connectivity index (χ0n) is 18.1. The summed E-state index contributed by atoms with van der Waals surface area (Å²) in [5.74, 6) is 0.810. The lowest BCUT2D eigenvalue weighted by molar-refractivity contribution is -0.178. The molecule has 0 unspecified atom stereocenters. The number of nitrogens with one attached hydrogen (secondary N) is 1. The van der Waals surface area contributed by atoms with E-state index in [9.17, 15) is 0 Å². The van der Waals surface area contributed by atoms with E-state index >= 15 is 0 Å². The lowest BCUT2D eigenvalue weighted by atomic mass is 9.81. The van der Waals surface area contributed by atoms with Crippen LogP contribution < -0.4 is 0 Å². The second-order valence-electron chi connectivity index (χ2n) is 9.40. The van der Waals surface area contributed by atoms with Gasteiger partial charge in [0, 0.05) is 47.5 Å². The Hall–Kier alpha value is -1.80. The van der Waals surface area contributed by atoms with Crippen molar-refractivity contribution in [2.45, 2.75) is 56.1 Å². The highest BCUT2D eigenvalue weighted by molar-refractivity contribution is 7.10. The molecule has 2 aliphatic heterocycles. The van der Waals surface area contributed by atoms with Crippen molar-refractivity contribution in [1.29, 1.82) is 0 Å². The molecule has 3 fully saturated rings. The number of aromatic amines is 1. The van der Waals surface area contributed by atoms with Gasteiger partial charge in [0.1, 0.15) is 5.65 Å². The first-order valence-electron chi connectivity index (χ1n) is 11.6. The normalized spacial score (nSPS) is 23.3. The van der Waals surface area contributed by atoms with Crippen LogP contribution in [0.25, 0.3) is 22.3 Å². The quantitative estimate of drug-likeness (QED) is 0.630. The molecule has 164 valence electrons. The summed E-state index contributed by atoms with van der Waals surface area (Å²) in [5, 5.41) is 4.70. The molecule has 6 rings (SSSR count). The van der Waals surface area contributed by atoms with Crippen LogP contribution in [0.1, 0.15) is 60.9 Å². The van der Waals surface area contributed by atoms with Gasteiger partial charge in [-0.1, -0.05) is 0 Å². The molecule has 31 heavy (non-hydrogen) atoms. The number of piperidine rings is 1. The number of ether oxygens (including phenoxy) is 2. The average molecular weight is 439 g/mol. The summed E-state index contributed by atoms with van der Waals surface area (Å²) in [6, 6.07) is 2.34. The smallest absolute Gasteiger partial charge is 0.168 e. The maximum atomic E-state index is 5.91. The van der Waals surface area contributed by atoms with Gasteiger partial charge < -0.3 is 19.4 Å². The second-order valence-corrected chi connectivity index (χ2v) is 10.3. The van der Waals surface area contributed by atoms with Crippen molar-refractivity contribution in [3.8, 4) is 11.3 Å². The maximum Gasteiger partial charge on any atom is 0.168 e. The van der Waals surface area contributed by atoms with Gasteiger partial charge in [-0.15, -0.1) is 11.3 Å². The number of aromatic nitrogens is 3. The number of thiazole rings is 1. The van der Waals surface area contributed by atoms with E-state index in [-0.39, 0.29) is 5.79 Å². The average Bonchev–Trinajstić information content (AvgIpc) is 3.54. The molecule has 1 saturated carbocycles. The number of hydrogen-bond acceptors (Lipinski definition) is 6. The van der Waals surface area contributed by atoms with Crippen LogP contribution in [0.2, 0.25) is 0 Å². The third kappa shape index (κ3) is 3.71. The lowest BCUT2D eigenvalue weighted by Gasteiger charge is -2.35. The monoisotopic (exact) mass is 438 g/mol. The number of nitrogens with zero attached hydrogens (tertiary/aromatic N) is 3. The summed E-state index contributed by atoms with van der Waals surface area (Å²) in [6.07, 6.45) is 10.7. The number of likely N-dealkylation sites (tertiary alicyclic amines) is 1. The minimum Gasteiger partial charge on any atom is -0.348 e. The maximum absolute atomic E-state index is 5.91. The van der Waals surface area contributed by atoms with Crippen LogP contribution in [-0.2, 0) is 9.47 Å². The summed E-state index contributed by atoms with van der Waals surface area (Å²) >= 11 is 1.82. The Labute approximate surface area is 187 Å². The molecular weight excluding hydrogens is 408 g/mol. The molecule has 0 bridgehead atoms. The zero-order valence-corrected chi connectivity index (χ0v) is 18.9. The van der Waals surface area contributed by atoms with Gasteiger partial charge in [0.25, 0.3) is 0 Å². The Morgan fingerprint density at radius 1 is 1.10 bits per heavy atom. The number of fused-ring (bicyclic) bond motifs is 1. The van der Waals surface area contributed by atoms with Gasteiger partial charge in [-0.05, 0) is 63.4 Å². The Balaban J connectivity index is 1.24. The fourth-order valence-electron chi connectivity index (χ4n) is 5.49. The zero-order chi connectivity index (χ0) is 20.8. The van der Waals surface area contributed by atoms with Crippen LogP contribution in [0.15, 0.2) is 23.8 Å². The molecule has 0 aromatic carbocycles. The van der Waals surface area contributed by atoms with Crippen LogP contribution in [-0.4, -0.2) is 59.0 Å². The van der Waals surface area contributed by atoms with E-state index in [1.54, 1.807) is 0 Å². The first kappa shape index (κ1) is 19.9. The summed E-state index contributed by atoms with van der Waals surface area (Å²) in [4.78, 5) is 15.6. The molecule has 3 aromatic rings. The molecule has 1 N–H and O–H groups in total. The largest absolute Gasteiger partial charge is 0.348 e. The molecule has 3 aromatic heterocycles. The van der Waals surface area contributed by atoms with Gasteiger partial charge in [0.15, 0.2) is 5.79 Å². The van der Waals surface area contributed by atoms with Crippen molar-refractivity contribution >= 4 is 22.4 Å². The van der Waals surface area contributed by atoms with Gasteiger partial charge >= 0.3 is 0 Å².